The van der Waals surface area contributed by atoms with Crippen LogP contribution < -0.4 is 0 Å². The lowest BCUT2D eigenvalue weighted by Gasteiger charge is -2.23. The van der Waals surface area contributed by atoms with Gasteiger partial charge in [-0.2, -0.15) is 0 Å². The van der Waals surface area contributed by atoms with Gasteiger partial charge in [0.1, 0.15) is 11.6 Å². The molecule has 0 spiro atoms. The number of aryl methyl sites for hydroxylation is 1. The highest BCUT2D eigenvalue weighted by Gasteiger charge is 2.26. The van der Waals surface area contributed by atoms with Crippen LogP contribution in [-0.4, -0.2) is 39.8 Å². The summed E-state index contributed by atoms with van der Waals surface area (Å²) in [5, 5.41) is 8.80. The summed E-state index contributed by atoms with van der Waals surface area (Å²) in [7, 11) is 2.21. The molecule has 4 nitrogen and oxygen atoms in total. The van der Waals surface area contributed by atoms with Gasteiger partial charge in [-0.05, 0) is 45.7 Å². The Bertz CT molecular complexity index is 398. The smallest absolute Gasteiger partial charge is 0.133 e. The molecule has 2 aliphatic heterocycles. The number of aromatic nitrogens is 3. The Labute approximate surface area is 103 Å². The van der Waals surface area contributed by atoms with Crippen molar-refractivity contribution in [3.05, 3.63) is 11.6 Å². The maximum atomic E-state index is 4.43. The van der Waals surface area contributed by atoms with Crippen LogP contribution in [0.4, 0.5) is 0 Å². The van der Waals surface area contributed by atoms with E-state index in [0.717, 1.165) is 18.8 Å². The average molecular weight is 234 g/mol. The molecule has 0 N–H and O–H groups in total. The van der Waals surface area contributed by atoms with Gasteiger partial charge in [0.05, 0.1) is 0 Å². The number of nitrogens with zero attached hydrogens (tertiary/aromatic N) is 4. The molecule has 1 fully saturated rings. The van der Waals surface area contributed by atoms with Gasteiger partial charge in [0.2, 0.25) is 0 Å². The van der Waals surface area contributed by atoms with Crippen molar-refractivity contribution in [1.82, 2.24) is 19.7 Å². The molecule has 1 aromatic rings. The van der Waals surface area contributed by atoms with E-state index >= 15 is 0 Å². The molecule has 1 aromatic heterocycles. The summed E-state index contributed by atoms with van der Waals surface area (Å²) in [5.41, 5.74) is 0. The quantitative estimate of drug-likeness (QED) is 0.780. The lowest BCUT2D eigenvalue weighted by atomic mass is 10.0. The summed E-state index contributed by atoms with van der Waals surface area (Å²) in [6.45, 7) is 4.76. The van der Waals surface area contributed by atoms with Crippen LogP contribution in [0.15, 0.2) is 0 Å². The number of rotatable bonds is 2. The maximum Gasteiger partial charge on any atom is 0.133 e. The Kier molecular flexibility index (Phi) is 2.90. The first kappa shape index (κ1) is 11.2. The summed E-state index contributed by atoms with van der Waals surface area (Å²) in [6.07, 6.45) is 6.09. The number of hydrogen-bond acceptors (Lipinski definition) is 3. The van der Waals surface area contributed by atoms with Crippen molar-refractivity contribution in [2.45, 2.75) is 45.1 Å². The van der Waals surface area contributed by atoms with E-state index in [4.69, 9.17) is 0 Å². The van der Waals surface area contributed by atoms with Crippen LogP contribution in [0.2, 0.25) is 0 Å². The zero-order valence-electron chi connectivity index (χ0n) is 10.9. The van der Waals surface area contributed by atoms with Crippen LogP contribution in [0, 0.1) is 5.92 Å². The van der Waals surface area contributed by atoms with Crippen LogP contribution >= 0.6 is 0 Å². The van der Waals surface area contributed by atoms with Gasteiger partial charge in [-0.25, -0.2) is 0 Å². The van der Waals surface area contributed by atoms with Crippen molar-refractivity contribution in [3.63, 3.8) is 0 Å². The van der Waals surface area contributed by atoms with Gasteiger partial charge in [0.25, 0.3) is 0 Å². The molecule has 0 bridgehead atoms. The van der Waals surface area contributed by atoms with E-state index in [1.54, 1.807) is 0 Å². The van der Waals surface area contributed by atoms with E-state index in [1.165, 1.54) is 44.0 Å². The first-order valence-corrected chi connectivity index (χ1v) is 6.85. The van der Waals surface area contributed by atoms with Crippen LogP contribution in [-0.2, 0) is 12.8 Å². The minimum Gasteiger partial charge on any atom is -0.312 e. The fourth-order valence-electron chi connectivity index (χ4n) is 3.31. The predicted octanol–water partition coefficient (Wildman–Crippen LogP) is 1.67. The lowest BCUT2D eigenvalue weighted by molar-refractivity contribution is 0.379. The minimum atomic E-state index is 0.600. The van der Waals surface area contributed by atoms with Gasteiger partial charge in [0, 0.05) is 25.4 Å². The second-order valence-electron chi connectivity index (χ2n) is 5.76. The Hall–Kier alpha value is -0.900. The Morgan fingerprint density at radius 1 is 1.29 bits per heavy atom. The van der Waals surface area contributed by atoms with Crippen molar-refractivity contribution in [3.8, 4) is 0 Å². The third-order valence-corrected chi connectivity index (χ3v) is 4.26. The molecule has 4 heteroatoms. The number of fused-ring (bicyclic) bond motifs is 1. The van der Waals surface area contributed by atoms with E-state index in [0.29, 0.717) is 6.04 Å². The molecule has 2 aliphatic rings. The first-order valence-electron chi connectivity index (χ1n) is 6.85. The van der Waals surface area contributed by atoms with Crippen LogP contribution in [0.5, 0.6) is 0 Å². The van der Waals surface area contributed by atoms with E-state index < -0.39 is 0 Å². The molecule has 0 aromatic carbocycles. The van der Waals surface area contributed by atoms with Gasteiger partial charge >= 0.3 is 0 Å². The predicted molar refractivity (Wildman–Crippen MR) is 67.0 cm³/mol. The van der Waals surface area contributed by atoms with Gasteiger partial charge < -0.3 is 9.47 Å². The molecule has 94 valence electrons. The molecular weight excluding hydrogens is 212 g/mol. The molecule has 3 heterocycles. The summed E-state index contributed by atoms with van der Waals surface area (Å²) >= 11 is 0. The van der Waals surface area contributed by atoms with Crippen molar-refractivity contribution >= 4 is 0 Å². The molecule has 2 atom stereocenters. The highest BCUT2D eigenvalue weighted by atomic mass is 15.3. The molecule has 0 radical (unpaired) electrons. The zero-order valence-corrected chi connectivity index (χ0v) is 10.9. The molecule has 0 saturated carbocycles. The van der Waals surface area contributed by atoms with Crippen molar-refractivity contribution in [2.24, 2.45) is 5.92 Å². The monoisotopic (exact) mass is 234 g/mol. The Balaban J connectivity index is 1.77. The molecule has 17 heavy (non-hydrogen) atoms. The van der Waals surface area contributed by atoms with E-state index in [1.807, 2.05) is 0 Å². The first-order chi connectivity index (χ1) is 8.24. The molecule has 1 saturated heterocycles. The van der Waals surface area contributed by atoms with Crippen molar-refractivity contribution in [1.29, 1.82) is 0 Å². The second-order valence-corrected chi connectivity index (χ2v) is 5.76. The maximum absolute atomic E-state index is 4.43. The topological polar surface area (TPSA) is 34.0 Å². The van der Waals surface area contributed by atoms with Crippen molar-refractivity contribution in [2.75, 3.05) is 20.1 Å². The average Bonchev–Trinajstić information content (AvgIpc) is 2.88. The van der Waals surface area contributed by atoms with Crippen LogP contribution in [0.25, 0.3) is 0 Å². The molecular formula is C13H22N4. The van der Waals surface area contributed by atoms with Gasteiger partial charge in [0.15, 0.2) is 0 Å². The minimum absolute atomic E-state index is 0.600. The third-order valence-electron chi connectivity index (χ3n) is 4.26. The number of likely N-dealkylation sites (tertiary alicyclic amines) is 1. The highest BCUT2D eigenvalue weighted by Crippen LogP contribution is 2.27. The summed E-state index contributed by atoms with van der Waals surface area (Å²) in [5.74, 6) is 3.22. The fraction of sp³-hybridized carbons (Fsp3) is 0.846. The second kappa shape index (κ2) is 4.41. The molecule has 0 amide bonds. The zero-order chi connectivity index (χ0) is 11.8. The normalized spacial score (nSPS) is 29.5. The molecule has 0 aliphatic carbocycles. The van der Waals surface area contributed by atoms with Crippen LogP contribution in [0.3, 0.4) is 0 Å². The van der Waals surface area contributed by atoms with E-state index in [9.17, 15) is 0 Å². The van der Waals surface area contributed by atoms with Gasteiger partial charge in [-0.1, -0.05) is 0 Å². The number of hydrogen-bond donors (Lipinski definition) is 0. The summed E-state index contributed by atoms with van der Waals surface area (Å²) in [4.78, 5) is 2.42. The summed E-state index contributed by atoms with van der Waals surface area (Å²) in [6, 6.07) is 0.600. The van der Waals surface area contributed by atoms with E-state index in [-0.39, 0.29) is 0 Å². The van der Waals surface area contributed by atoms with Gasteiger partial charge in [-0.3, -0.25) is 0 Å². The molecule has 2 unspecified atom stereocenters. The largest absolute Gasteiger partial charge is 0.312 e. The Morgan fingerprint density at radius 3 is 2.94 bits per heavy atom. The van der Waals surface area contributed by atoms with E-state index in [2.05, 4.69) is 33.6 Å². The Morgan fingerprint density at radius 2 is 2.18 bits per heavy atom. The SMILES string of the molecule is CC1CCCc2nnc(CC3CCN(C)C3)n21. The highest BCUT2D eigenvalue weighted by molar-refractivity contribution is 5.03. The van der Waals surface area contributed by atoms with Gasteiger partial charge in [-0.15, -0.1) is 10.2 Å². The van der Waals surface area contributed by atoms with Crippen molar-refractivity contribution < 1.29 is 0 Å². The lowest BCUT2D eigenvalue weighted by Crippen LogP contribution is -2.20. The molecule has 3 rings (SSSR count). The standard InChI is InChI=1S/C13H22N4/c1-10-4-3-5-12-14-15-13(17(10)12)8-11-6-7-16(2)9-11/h10-11H,3-9H2,1-2H3. The van der Waals surface area contributed by atoms with Crippen LogP contribution in [0.1, 0.15) is 43.9 Å². The summed E-state index contributed by atoms with van der Waals surface area (Å²) < 4.78 is 2.40. The fourth-order valence-corrected chi connectivity index (χ4v) is 3.31. The third kappa shape index (κ3) is 2.10.